The van der Waals surface area contributed by atoms with Crippen LogP contribution in [0, 0.1) is 0 Å². The molecule has 1 aromatic heterocycles. The molecule has 0 bridgehead atoms. The topological polar surface area (TPSA) is 87.4 Å². The van der Waals surface area contributed by atoms with Crippen molar-refractivity contribution in [2.45, 2.75) is 38.0 Å². The van der Waals surface area contributed by atoms with E-state index < -0.39 is 33.4 Å². The lowest BCUT2D eigenvalue weighted by Crippen LogP contribution is -2.63. The van der Waals surface area contributed by atoms with E-state index in [9.17, 15) is 57.3 Å². The van der Waals surface area contributed by atoms with Gasteiger partial charge in [0, 0.05) is 17.5 Å². The van der Waals surface area contributed by atoms with Crippen LogP contribution >= 0.6 is 0 Å². The lowest BCUT2D eigenvalue weighted by atomic mass is 10.1. The normalized spacial score (nSPS) is 13.1. The molecule has 4 aromatic rings. The van der Waals surface area contributed by atoms with Crippen LogP contribution in [-0.2, 0) is 21.0 Å². The Labute approximate surface area is 228 Å². The zero-order valence-corrected chi connectivity index (χ0v) is 21.6. The zero-order chi connectivity index (χ0) is 30.9. The molecule has 220 valence electrons. The number of fused-ring (bicyclic) bond motifs is 1. The van der Waals surface area contributed by atoms with E-state index in [1.54, 1.807) is 6.07 Å². The van der Waals surface area contributed by atoms with Crippen molar-refractivity contribution in [3.8, 4) is 0 Å². The molecule has 1 heterocycles. The lowest BCUT2D eigenvalue weighted by Gasteiger charge is -2.34. The van der Waals surface area contributed by atoms with Crippen LogP contribution < -0.4 is 5.63 Å². The number of benzene rings is 3. The van der Waals surface area contributed by atoms with E-state index in [-0.39, 0.29) is 16.5 Å². The predicted molar refractivity (Wildman–Crippen MR) is 128 cm³/mol. The molecule has 0 unspecified atom stereocenters. The Kier molecular flexibility index (Phi) is 8.91. The van der Waals surface area contributed by atoms with Crippen LogP contribution in [0.4, 0.5) is 39.5 Å². The summed E-state index contributed by atoms with van der Waals surface area (Å²) in [6, 6.07) is 30.2. The average Bonchev–Trinajstić information content (AvgIpc) is 2.89. The Morgan fingerprint density at radius 1 is 0.634 bits per heavy atom. The summed E-state index contributed by atoms with van der Waals surface area (Å²) in [6.45, 7) is 0. The lowest BCUT2D eigenvalue weighted by molar-refractivity contribution is -0.382. The standard InChI is InChI=1S/C21H15O2S.C4HF9O3S/c22-21-14-12-16-11-13-19(15-20(16)23-21)24(17-7-3-1-4-8-17)18-9-5-2-6-10-18;5-1(6,3(9,10)11)2(7,8)4(12,13)17(14,15)16/h1-15H;(H,14,15,16)/q+1;/p-1. The molecule has 0 saturated heterocycles. The molecule has 0 spiro atoms. The van der Waals surface area contributed by atoms with Crippen LogP contribution in [-0.4, -0.2) is 36.2 Å². The molecule has 0 aliphatic heterocycles. The van der Waals surface area contributed by atoms with E-state index in [0.717, 1.165) is 10.3 Å². The van der Waals surface area contributed by atoms with E-state index in [0.29, 0.717) is 5.58 Å². The summed E-state index contributed by atoms with van der Waals surface area (Å²) in [5.41, 5.74) is 0.309. The summed E-state index contributed by atoms with van der Waals surface area (Å²) in [5.74, 6) is -14.8. The summed E-state index contributed by atoms with van der Waals surface area (Å²) in [6.07, 6.45) is -7.16. The third kappa shape index (κ3) is 6.38. The maximum absolute atomic E-state index is 12.2. The Bertz CT molecular complexity index is 1620. The quantitative estimate of drug-likeness (QED) is 0.101. The third-order valence-corrected chi connectivity index (χ3v) is 8.31. The molecule has 0 aliphatic carbocycles. The van der Waals surface area contributed by atoms with Gasteiger partial charge in [0.2, 0.25) is 0 Å². The molecule has 5 nitrogen and oxygen atoms in total. The first-order valence-corrected chi connectivity index (χ1v) is 13.5. The smallest absolute Gasteiger partial charge is 0.460 e. The molecule has 41 heavy (non-hydrogen) atoms. The van der Waals surface area contributed by atoms with Crippen molar-refractivity contribution >= 4 is 32.0 Å². The van der Waals surface area contributed by atoms with Crippen LogP contribution in [0.3, 0.4) is 0 Å². The van der Waals surface area contributed by atoms with Crippen LogP contribution in [0.5, 0.6) is 0 Å². The highest BCUT2D eigenvalue weighted by molar-refractivity contribution is 7.97. The average molecular weight is 631 g/mol. The molecule has 0 saturated carbocycles. The van der Waals surface area contributed by atoms with Crippen LogP contribution in [0.1, 0.15) is 0 Å². The summed E-state index contributed by atoms with van der Waals surface area (Å²) in [5, 5.41) is -6.18. The monoisotopic (exact) mass is 630 g/mol. The maximum atomic E-state index is 12.2. The van der Waals surface area contributed by atoms with Gasteiger partial charge in [-0.25, -0.2) is 13.2 Å². The summed E-state index contributed by atoms with van der Waals surface area (Å²) >= 11 is 0. The van der Waals surface area contributed by atoms with E-state index in [2.05, 4.69) is 54.6 Å². The molecule has 4 rings (SSSR count). The molecule has 3 aromatic carbocycles. The van der Waals surface area contributed by atoms with Crippen molar-refractivity contribution in [2.24, 2.45) is 0 Å². The molecule has 0 aliphatic rings. The van der Waals surface area contributed by atoms with E-state index in [1.165, 1.54) is 15.9 Å². The van der Waals surface area contributed by atoms with Gasteiger partial charge in [0.25, 0.3) is 0 Å². The highest BCUT2D eigenvalue weighted by atomic mass is 32.2. The Balaban J connectivity index is 0.000000242. The fraction of sp³-hybridized carbons (Fsp3) is 0.160. The van der Waals surface area contributed by atoms with Crippen molar-refractivity contribution in [3.05, 3.63) is 101 Å². The second kappa shape index (κ2) is 11.4. The fourth-order valence-electron chi connectivity index (χ4n) is 3.21. The Hall–Kier alpha value is -3.50. The van der Waals surface area contributed by atoms with Gasteiger partial charge < -0.3 is 8.97 Å². The second-order valence-corrected chi connectivity index (χ2v) is 11.5. The minimum Gasteiger partial charge on any atom is -0.743 e. The summed E-state index contributed by atoms with van der Waals surface area (Å²) in [7, 11) is -7.66. The van der Waals surface area contributed by atoms with Crippen LogP contribution in [0.2, 0.25) is 0 Å². The summed E-state index contributed by atoms with van der Waals surface area (Å²) in [4.78, 5) is 15.1. The third-order valence-electron chi connectivity index (χ3n) is 5.22. The second-order valence-electron chi connectivity index (χ2n) is 8.00. The van der Waals surface area contributed by atoms with Crippen molar-refractivity contribution in [2.75, 3.05) is 0 Å². The van der Waals surface area contributed by atoms with Gasteiger partial charge >= 0.3 is 28.9 Å². The van der Waals surface area contributed by atoms with Gasteiger partial charge in [-0.1, -0.05) is 36.4 Å². The molecule has 0 atom stereocenters. The molecule has 0 radical (unpaired) electrons. The largest absolute Gasteiger partial charge is 0.743 e. The predicted octanol–water partition coefficient (Wildman–Crippen LogP) is 6.85. The first-order valence-electron chi connectivity index (χ1n) is 10.8. The Morgan fingerprint density at radius 2 is 1.10 bits per heavy atom. The van der Waals surface area contributed by atoms with Crippen molar-refractivity contribution in [1.82, 2.24) is 0 Å². The van der Waals surface area contributed by atoms with Gasteiger partial charge in [0.15, 0.2) is 24.8 Å². The van der Waals surface area contributed by atoms with E-state index in [1.807, 2.05) is 24.3 Å². The number of hydrogen-bond acceptors (Lipinski definition) is 5. The molecule has 16 heteroatoms. The minimum atomic E-state index is -7.43. The highest BCUT2D eigenvalue weighted by Crippen LogP contribution is 2.54. The molecule has 0 fully saturated rings. The zero-order valence-electron chi connectivity index (χ0n) is 19.9. The van der Waals surface area contributed by atoms with Gasteiger partial charge in [-0.15, -0.1) is 0 Å². The SMILES string of the molecule is O=S(=O)([O-])C(F)(F)C(F)(F)C(F)(F)C(F)(F)F.O=c1ccc2ccc([S+](c3ccccc3)c3ccccc3)cc2o1. The van der Waals surface area contributed by atoms with Gasteiger partial charge in [0.1, 0.15) is 5.58 Å². The van der Waals surface area contributed by atoms with E-state index >= 15 is 0 Å². The van der Waals surface area contributed by atoms with Gasteiger partial charge in [-0.05, 0) is 42.5 Å². The maximum Gasteiger partial charge on any atom is 0.460 e. The van der Waals surface area contributed by atoms with Crippen LogP contribution in [0.25, 0.3) is 11.0 Å². The van der Waals surface area contributed by atoms with Gasteiger partial charge in [0.05, 0.1) is 10.9 Å². The summed E-state index contributed by atoms with van der Waals surface area (Å²) < 4.78 is 141. The molecule has 0 amide bonds. The first-order chi connectivity index (χ1) is 18.8. The highest BCUT2D eigenvalue weighted by Gasteiger charge is 2.83. The van der Waals surface area contributed by atoms with Crippen molar-refractivity contribution in [3.63, 3.8) is 0 Å². The number of alkyl halides is 9. The number of halogens is 9. The molecular formula is C25H15F9O5S2. The molecule has 0 N–H and O–H groups in total. The van der Waals surface area contributed by atoms with Gasteiger partial charge in [-0.3, -0.25) is 0 Å². The van der Waals surface area contributed by atoms with Gasteiger partial charge in [-0.2, -0.15) is 39.5 Å². The number of hydrogen-bond donors (Lipinski definition) is 0. The Morgan fingerprint density at radius 3 is 1.54 bits per heavy atom. The van der Waals surface area contributed by atoms with E-state index in [4.69, 9.17) is 4.42 Å². The van der Waals surface area contributed by atoms with Crippen molar-refractivity contribution in [1.29, 1.82) is 0 Å². The molecular weight excluding hydrogens is 615 g/mol. The first kappa shape index (κ1) is 32.0. The van der Waals surface area contributed by atoms with Crippen LogP contribution in [0.15, 0.2) is 115 Å². The fourth-order valence-corrected chi connectivity index (χ4v) is 5.75. The number of rotatable bonds is 6. The van der Waals surface area contributed by atoms with Crippen molar-refractivity contribution < 1.29 is 56.9 Å². The minimum absolute atomic E-state index is 0.239.